The number of rotatable bonds is 8. The highest BCUT2D eigenvalue weighted by atomic mass is 32.1. The minimum atomic E-state index is 0.572. The first-order valence-corrected chi connectivity index (χ1v) is 9.95. The van der Waals surface area contributed by atoms with Gasteiger partial charge in [-0.25, -0.2) is 0 Å². The van der Waals surface area contributed by atoms with Crippen LogP contribution in [0.25, 0.3) is 12.2 Å². The summed E-state index contributed by atoms with van der Waals surface area (Å²) in [7, 11) is 0. The SMILES string of the molecule is CCN(CC)c1ccc(C=Cc2cccs2)c(OCc2ccccc2)c1. The zero-order chi connectivity index (χ0) is 18.2. The van der Waals surface area contributed by atoms with Crippen molar-refractivity contribution in [2.45, 2.75) is 20.5 Å². The van der Waals surface area contributed by atoms with Gasteiger partial charge in [0.05, 0.1) is 0 Å². The van der Waals surface area contributed by atoms with Crippen molar-refractivity contribution < 1.29 is 4.74 Å². The van der Waals surface area contributed by atoms with Crippen molar-refractivity contribution in [1.82, 2.24) is 0 Å². The Bertz CT molecular complexity index is 821. The molecule has 3 rings (SSSR count). The monoisotopic (exact) mass is 363 g/mol. The second-order valence-corrected chi connectivity index (χ2v) is 7.00. The van der Waals surface area contributed by atoms with Crippen LogP contribution < -0.4 is 9.64 Å². The van der Waals surface area contributed by atoms with Crippen LogP contribution in [-0.2, 0) is 6.61 Å². The molecule has 1 aromatic heterocycles. The van der Waals surface area contributed by atoms with Crippen LogP contribution in [0.1, 0.15) is 29.9 Å². The minimum Gasteiger partial charge on any atom is -0.488 e. The van der Waals surface area contributed by atoms with Crippen molar-refractivity contribution >= 4 is 29.2 Å². The van der Waals surface area contributed by atoms with E-state index >= 15 is 0 Å². The Kier molecular flexibility index (Phi) is 6.50. The quantitative estimate of drug-likeness (QED) is 0.463. The summed E-state index contributed by atoms with van der Waals surface area (Å²) >= 11 is 1.74. The van der Waals surface area contributed by atoms with Crippen LogP contribution in [0.2, 0.25) is 0 Å². The normalized spacial score (nSPS) is 11.0. The van der Waals surface area contributed by atoms with Crippen molar-refractivity contribution in [1.29, 1.82) is 0 Å². The summed E-state index contributed by atoms with van der Waals surface area (Å²) in [5.74, 6) is 0.922. The van der Waals surface area contributed by atoms with Crippen LogP contribution in [-0.4, -0.2) is 13.1 Å². The lowest BCUT2D eigenvalue weighted by Gasteiger charge is -2.22. The number of benzene rings is 2. The molecule has 0 aliphatic carbocycles. The Morgan fingerprint density at radius 2 is 1.73 bits per heavy atom. The molecule has 134 valence electrons. The average Bonchev–Trinajstić information content (AvgIpc) is 3.21. The van der Waals surface area contributed by atoms with E-state index < -0.39 is 0 Å². The number of ether oxygens (including phenoxy) is 1. The van der Waals surface area contributed by atoms with Crippen molar-refractivity contribution in [2.75, 3.05) is 18.0 Å². The van der Waals surface area contributed by atoms with E-state index in [1.807, 2.05) is 18.2 Å². The third-order valence-corrected chi connectivity index (χ3v) is 5.17. The first-order valence-electron chi connectivity index (χ1n) is 9.07. The summed E-state index contributed by atoms with van der Waals surface area (Å²) in [4.78, 5) is 3.58. The molecule has 2 aromatic carbocycles. The minimum absolute atomic E-state index is 0.572. The van der Waals surface area contributed by atoms with Crippen LogP contribution in [0.15, 0.2) is 66.0 Å². The van der Waals surface area contributed by atoms with Gasteiger partial charge in [-0.1, -0.05) is 36.4 Å². The Hall–Kier alpha value is -2.52. The summed E-state index contributed by atoms with van der Waals surface area (Å²) in [5.41, 5.74) is 3.48. The molecule has 0 amide bonds. The number of thiophene rings is 1. The molecule has 0 unspecified atom stereocenters. The number of anilines is 1. The highest BCUT2D eigenvalue weighted by Gasteiger charge is 2.08. The highest BCUT2D eigenvalue weighted by molar-refractivity contribution is 7.10. The maximum absolute atomic E-state index is 6.20. The molecule has 0 saturated carbocycles. The van der Waals surface area contributed by atoms with Crippen molar-refractivity contribution in [2.24, 2.45) is 0 Å². The molecule has 3 heteroatoms. The third kappa shape index (κ3) is 4.77. The van der Waals surface area contributed by atoms with Gasteiger partial charge in [0.15, 0.2) is 0 Å². The first kappa shape index (κ1) is 18.3. The molecular weight excluding hydrogens is 338 g/mol. The second-order valence-electron chi connectivity index (χ2n) is 6.02. The molecule has 0 N–H and O–H groups in total. The Balaban J connectivity index is 1.86. The molecule has 0 atom stereocenters. The van der Waals surface area contributed by atoms with Crippen molar-refractivity contribution in [3.8, 4) is 5.75 Å². The van der Waals surface area contributed by atoms with E-state index in [0.29, 0.717) is 6.61 Å². The second kappa shape index (κ2) is 9.25. The Labute approximate surface area is 160 Å². The molecule has 2 nitrogen and oxygen atoms in total. The molecule has 3 aromatic rings. The Morgan fingerprint density at radius 3 is 2.42 bits per heavy atom. The van der Waals surface area contributed by atoms with Gasteiger partial charge < -0.3 is 9.64 Å². The van der Waals surface area contributed by atoms with Crippen LogP contribution in [0.4, 0.5) is 5.69 Å². The maximum Gasteiger partial charge on any atom is 0.129 e. The van der Waals surface area contributed by atoms with Gasteiger partial charge in [-0.05, 0) is 55.1 Å². The molecule has 1 heterocycles. The molecule has 0 aliphatic heterocycles. The maximum atomic E-state index is 6.20. The fraction of sp³-hybridized carbons (Fsp3) is 0.217. The van der Waals surface area contributed by atoms with E-state index in [1.54, 1.807) is 11.3 Å². The lowest BCUT2D eigenvalue weighted by molar-refractivity contribution is 0.305. The van der Waals surface area contributed by atoms with Gasteiger partial charge in [-0.15, -0.1) is 11.3 Å². The fourth-order valence-corrected chi connectivity index (χ4v) is 3.48. The van der Waals surface area contributed by atoms with Crippen molar-refractivity contribution in [3.63, 3.8) is 0 Å². The molecule has 0 spiro atoms. The van der Waals surface area contributed by atoms with Gasteiger partial charge in [0.1, 0.15) is 12.4 Å². The van der Waals surface area contributed by atoms with Crippen LogP contribution in [0.3, 0.4) is 0 Å². The molecule has 0 saturated heterocycles. The molecule has 0 radical (unpaired) electrons. The topological polar surface area (TPSA) is 12.5 Å². The predicted octanol–water partition coefficient (Wildman–Crippen LogP) is 6.34. The molecule has 0 bridgehead atoms. The van der Waals surface area contributed by atoms with E-state index in [4.69, 9.17) is 4.74 Å². The van der Waals surface area contributed by atoms with Crippen LogP contribution >= 0.6 is 11.3 Å². The van der Waals surface area contributed by atoms with Gasteiger partial charge >= 0.3 is 0 Å². The zero-order valence-corrected chi connectivity index (χ0v) is 16.2. The summed E-state index contributed by atoms with van der Waals surface area (Å²) in [6, 6.07) is 21.0. The molecule has 0 fully saturated rings. The lowest BCUT2D eigenvalue weighted by Crippen LogP contribution is -2.21. The fourth-order valence-electron chi connectivity index (χ4n) is 2.86. The van der Waals surface area contributed by atoms with Crippen LogP contribution in [0, 0.1) is 0 Å². The van der Waals surface area contributed by atoms with Gasteiger partial charge in [-0.2, -0.15) is 0 Å². The number of nitrogens with zero attached hydrogens (tertiary/aromatic N) is 1. The molecule has 26 heavy (non-hydrogen) atoms. The summed E-state index contributed by atoms with van der Waals surface area (Å²) < 4.78 is 6.20. The van der Waals surface area contributed by atoms with Gasteiger partial charge in [-0.3, -0.25) is 0 Å². The third-order valence-electron chi connectivity index (χ3n) is 4.33. The van der Waals surface area contributed by atoms with E-state index in [0.717, 1.165) is 24.4 Å². The lowest BCUT2D eigenvalue weighted by atomic mass is 10.1. The average molecular weight is 364 g/mol. The number of hydrogen-bond donors (Lipinski definition) is 0. The van der Waals surface area contributed by atoms with E-state index in [2.05, 4.69) is 78.7 Å². The molecule has 0 aliphatic rings. The first-order chi connectivity index (χ1) is 12.8. The zero-order valence-electron chi connectivity index (χ0n) is 15.4. The predicted molar refractivity (Wildman–Crippen MR) is 114 cm³/mol. The van der Waals surface area contributed by atoms with E-state index in [-0.39, 0.29) is 0 Å². The largest absolute Gasteiger partial charge is 0.488 e. The standard InChI is InChI=1S/C23H25NOS/c1-3-24(4-2)21-14-12-20(13-15-22-11-8-16-26-22)23(17-21)25-18-19-9-6-5-7-10-19/h5-17H,3-4,18H2,1-2H3. The Morgan fingerprint density at radius 1 is 0.923 bits per heavy atom. The summed E-state index contributed by atoms with van der Waals surface area (Å²) in [6.07, 6.45) is 4.28. The van der Waals surface area contributed by atoms with Crippen molar-refractivity contribution in [3.05, 3.63) is 82.0 Å². The van der Waals surface area contributed by atoms with Gasteiger partial charge in [0.2, 0.25) is 0 Å². The summed E-state index contributed by atoms with van der Waals surface area (Å²) in [5, 5.41) is 2.09. The number of hydrogen-bond acceptors (Lipinski definition) is 3. The van der Waals surface area contributed by atoms with E-state index in [1.165, 1.54) is 16.1 Å². The van der Waals surface area contributed by atoms with Gasteiger partial charge in [0.25, 0.3) is 0 Å². The van der Waals surface area contributed by atoms with E-state index in [9.17, 15) is 0 Å². The van der Waals surface area contributed by atoms with Gasteiger partial charge in [0, 0.05) is 35.3 Å². The molecular formula is C23H25NOS. The smallest absolute Gasteiger partial charge is 0.129 e. The highest BCUT2D eigenvalue weighted by Crippen LogP contribution is 2.29. The van der Waals surface area contributed by atoms with Crippen LogP contribution in [0.5, 0.6) is 5.75 Å². The summed E-state index contributed by atoms with van der Waals surface area (Å²) in [6.45, 7) is 6.90.